The van der Waals surface area contributed by atoms with Gasteiger partial charge >= 0.3 is 12.2 Å². The van der Waals surface area contributed by atoms with Gasteiger partial charge in [0.2, 0.25) is 0 Å². The molecule has 0 spiro atoms. The Labute approximate surface area is 156 Å². The molecule has 0 bridgehead atoms. The van der Waals surface area contributed by atoms with Gasteiger partial charge in [0.05, 0.1) is 6.54 Å². The number of benzene rings is 2. The van der Waals surface area contributed by atoms with Crippen molar-refractivity contribution in [2.24, 2.45) is 0 Å². The minimum Gasteiger partial charge on any atom is -0.314 e. The summed E-state index contributed by atoms with van der Waals surface area (Å²) in [5, 5.41) is 3.10. The number of carbonyl (C=O) groups excluding carboxylic acids is 3. The third-order valence-electron chi connectivity index (χ3n) is 4.12. The maximum atomic E-state index is 13.8. The van der Waals surface area contributed by atoms with Gasteiger partial charge in [-0.05, 0) is 29.8 Å². The van der Waals surface area contributed by atoms with Gasteiger partial charge in [-0.15, -0.1) is 0 Å². The molecule has 1 aliphatic rings. The summed E-state index contributed by atoms with van der Waals surface area (Å²) in [6.45, 7) is -0.407. The molecular formula is C18H13F4N3O3. The van der Waals surface area contributed by atoms with Gasteiger partial charge in [0, 0.05) is 5.56 Å². The molecule has 0 aromatic heterocycles. The average Bonchev–Trinajstić information content (AvgIpc) is 2.88. The van der Waals surface area contributed by atoms with E-state index in [9.17, 15) is 31.9 Å². The molecule has 0 aliphatic carbocycles. The predicted molar refractivity (Wildman–Crippen MR) is 88.2 cm³/mol. The highest BCUT2D eigenvalue weighted by molar-refractivity contribution is 6.10. The Kier molecular flexibility index (Phi) is 4.80. The molecule has 28 heavy (non-hydrogen) atoms. The number of nitrogens with one attached hydrogen (secondary N) is 2. The fourth-order valence-corrected chi connectivity index (χ4v) is 2.68. The SMILES string of the molecule is O=C(N[C@]1(C(F)(F)F)NC(=O)N(Cc2ccccc2)C1=O)c1ccc(F)cc1. The molecule has 1 atom stereocenters. The van der Waals surface area contributed by atoms with Crippen LogP contribution >= 0.6 is 0 Å². The van der Waals surface area contributed by atoms with Crippen molar-refractivity contribution < 1.29 is 31.9 Å². The second-order valence-electron chi connectivity index (χ2n) is 6.02. The maximum Gasteiger partial charge on any atom is 0.440 e. The van der Waals surface area contributed by atoms with Crippen molar-refractivity contribution in [3.05, 3.63) is 71.5 Å². The van der Waals surface area contributed by atoms with E-state index in [1.807, 2.05) is 0 Å². The number of carbonyl (C=O) groups is 3. The highest BCUT2D eigenvalue weighted by Crippen LogP contribution is 2.34. The molecule has 10 heteroatoms. The first-order valence-electron chi connectivity index (χ1n) is 7.97. The van der Waals surface area contributed by atoms with E-state index in [-0.39, 0.29) is 5.56 Å². The van der Waals surface area contributed by atoms with Crippen molar-refractivity contribution in [1.82, 2.24) is 15.5 Å². The zero-order valence-electron chi connectivity index (χ0n) is 14.1. The van der Waals surface area contributed by atoms with Crippen LogP contribution in [0.4, 0.5) is 22.4 Å². The third-order valence-corrected chi connectivity index (χ3v) is 4.12. The van der Waals surface area contributed by atoms with E-state index in [4.69, 9.17) is 0 Å². The Bertz CT molecular complexity index is 916. The van der Waals surface area contributed by atoms with Crippen LogP contribution in [0.15, 0.2) is 54.6 Å². The molecule has 0 unspecified atom stereocenters. The van der Waals surface area contributed by atoms with Crippen LogP contribution < -0.4 is 10.6 Å². The first-order chi connectivity index (χ1) is 13.1. The number of amides is 4. The van der Waals surface area contributed by atoms with E-state index in [1.165, 1.54) is 12.1 Å². The molecule has 6 nitrogen and oxygen atoms in total. The molecule has 2 aromatic carbocycles. The number of hydrogen-bond acceptors (Lipinski definition) is 3. The summed E-state index contributed by atoms with van der Waals surface area (Å²) in [6, 6.07) is 10.3. The number of rotatable bonds is 4. The minimum atomic E-state index is -5.32. The molecular weight excluding hydrogens is 382 g/mol. The molecule has 2 N–H and O–H groups in total. The van der Waals surface area contributed by atoms with Gasteiger partial charge in [0.1, 0.15) is 5.82 Å². The van der Waals surface area contributed by atoms with Crippen LogP contribution in [0.3, 0.4) is 0 Å². The largest absolute Gasteiger partial charge is 0.440 e. The molecule has 0 radical (unpaired) electrons. The van der Waals surface area contributed by atoms with E-state index in [0.29, 0.717) is 10.5 Å². The smallest absolute Gasteiger partial charge is 0.314 e. The normalized spacial score (nSPS) is 19.5. The Balaban J connectivity index is 1.91. The Morgan fingerprint density at radius 1 is 1.04 bits per heavy atom. The molecule has 1 heterocycles. The molecule has 1 aliphatic heterocycles. The highest BCUT2D eigenvalue weighted by atomic mass is 19.4. The second-order valence-corrected chi connectivity index (χ2v) is 6.02. The summed E-state index contributed by atoms with van der Waals surface area (Å²) in [4.78, 5) is 37.3. The molecule has 1 saturated heterocycles. The van der Waals surface area contributed by atoms with Crippen LogP contribution in [0.25, 0.3) is 0 Å². The van der Waals surface area contributed by atoms with E-state index in [1.54, 1.807) is 28.8 Å². The molecule has 0 saturated carbocycles. The van der Waals surface area contributed by atoms with Crippen LogP contribution in [-0.2, 0) is 11.3 Å². The summed E-state index contributed by atoms with van der Waals surface area (Å²) in [5.74, 6) is -3.65. The lowest BCUT2D eigenvalue weighted by molar-refractivity contribution is -0.200. The van der Waals surface area contributed by atoms with E-state index in [2.05, 4.69) is 0 Å². The Morgan fingerprint density at radius 3 is 2.21 bits per heavy atom. The number of hydrogen-bond donors (Lipinski definition) is 2. The summed E-state index contributed by atoms with van der Waals surface area (Å²) >= 11 is 0. The molecule has 1 fully saturated rings. The third kappa shape index (κ3) is 3.40. The lowest BCUT2D eigenvalue weighted by Crippen LogP contribution is -2.69. The van der Waals surface area contributed by atoms with Gasteiger partial charge < -0.3 is 5.32 Å². The van der Waals surface area contributed by atoms with E-state index in [0.717, 1.165) is 24.3 Å². The van der Waals surface area contributed by atoms with Crippen LogP contribution in [-0.4, -0.2) is 34.6 Å². The Morgan fingerprint density at radius 2 is 1.64 bits per heavy atom. The lowest BCUT2D eigenvalue weighted by Gasteiger charge is -2.29. The first kappa shape index (κ1) is 19.3. The quantitative estimate of drug-likeness (QED) is 0.617. The van der Waals surface area contributed by atoms with Crippen molar-refractivity contribution in [1.29, 1.82) is 0 Å². The minimum absolute atomic E-state index is 0.311. The second kappa shape index (κ2) is 6.95. The Hall–Kier alpha value is -3.43. The van der Waals surface area contributed by atoms with Gasteiger partial charge in [-0.1, -0.05) is 30.3 Å². The van der Waals surface area contributed by atoms with Crippen molar-refractivity contribution in [2.75, 3.05) is 0 Å². The number of nitrogens with zero attached hydrogens (tertiary/aromatic N) is 1. The van der Waals surface area contributed by atoms with Crippen molar-refractivity contribution in [2.45, 2.75) is 18.4 Å². The van der Waals surface area contributed by atoms with Crippen molar-refractivity contribution >= 4 is 17.8 Å². The standard InChI is InChI=1S/C18H13F4N3O3/c19-13-8-6-12(7-9-13)14(26)23-17(18(20,21)22)15(27)25(16(28)24-17)10-11-4-2-1-3-5-11/h1-9H,10H2,(H,23,26)(H,24,28)/t17-/m0/s1. The van der Waals surface area contributed by atoms with E-state index < -0.39 is 42.0 Å². The molecule has 2 aromatic rings. The van der Waals surface area contributed by atoms with Gasteiger partial charge in [0.15, 0.2) is 0 Å². The lowest BCUT2D eigenvalue weighted by atomic mass is 10.1. The average molecular weight is 395 g/mol. The van der Waals surface area contributed by atoms with Gasteiger partial charge in [-0.25, -0.2) is 9.18 Å². The fraction of sp³-hybridized carbons (Fsp3) is 0.167. The molecule has 3 rings (SSSR count). The van der Waals surface area contributed by atoms with E-state index >= 15 is 0 Å². The highest BCUT2D eigenvalue weighted by Gasteiger charge is 2.68. The number of imide groups is 1. The summed E-state index contributed by atoms with van der Waals surface area (Å²) < 4.78 is 54.2. The maximum absolute atomic E-state index is 13.8. The van der Waals surface area contributed by atoms with Gasteiger partial charge in [-0.3, -0.25) is 19.8 Å². The van der Waals surface area contributed by atoms with Crippen LogP contribution in [0.2, 0.25) is 0 Å². The van der Waals surface area contributed by atoms with Gasteiger partial charge in [0.25, 0.3) is 17.5 Å². The van der Waals surface area contributed by atoms with Crippen LogP contribution in [0.5, 0.6) is 0 Å². The van der Waals surface area contributed by atoms with Gasteiger partial charge in [-0.2, -0.15) is 13.2 Å². The summed E-state index contributed by atoms with van der Waals surface area (Å²) in [7, 11) is 0. The number of urea groups is 1. The monoisotopic (exact) mass is 395 g/mol. The number of halogens is 4. The first-order valence-corrected chi connectivity index (χ1v) is 7.97. The summed E-state index contributed by atoms with van der Waals surface area (Å²) in [6.07, 6.45) is -5.32. The zero-order chi connectivity index (χ0) is 20.5. The predicted octanol–water partition coefficient (Wildman–Crippen LogP) is 2.57. The van der Waals surface area contributed by atoms with Crippen molar-refractivity contribution in [3.8, 4) is 0 Å². The zero-order valence-corrected chi connectivity index (χ0v) is 14.1. The topological polar surface area (TPSA) is 78.5 Å². The van der Waals surface area contributed by atoms with Crippen molar-refractivity contribution in [3.63, 3.8) is 0 Å². The molecule has 4 amide bonds. The van der Waals surface area contributed by atoms with Crippen LogP contribution in [0, 0.1) is 5.82 Å². The summed E-state index contributed by atoms with van der Waals surface area (Å²) in [5.41, 5.74) is -3.51. The number of alkyl halides is 3. The molecule has 146 valence electrons. The fourth-order valence-electron chi connectivity index (χ4n) is 2.68. The van der Waals surface area contributed by atoms with Crippen LogP contribution in [0.1, 0.15) is 15.9 Å².